The average molecular weight is 179 g/mol. The summed E-state index contributed by atoms with van der Waals surface area (Å²) in [6.07, 6.45) is -2.26. The lowest BCUT2D eigenvalue weighted by Gasteiger charge is -2.39. The highest BCUT2D eigenvalue weighted by Gasteiger charge is 2.29. The molecule has 0 heterocycles. The largest absolute Gasteiger partial charge is 0.291 e. The summed E-state index contributed by atoms with van der Waals surface area (Å²) in [6.45, 7) is 10.00. The summed E-state index contributed by atoms with van der Waals surface area (Å²) >= 11 is 0. The van der Waals surface area contributed by atoms with Gasteiger partial charge in [0.15, 0.2) is 0 Å². The number of hydrogen-bond acceptors (Lipinski definition) is 1. The van der Waals surface area contributed by atoms with Crippen molar-refractivity contribution in [3.05, 3.63) is 0 Å². The van der Waals surface area contributed by atoms with Crippen molar-refractivity contribution in [3.63, 3.8) is 0 Å². The smallest absolute Gasteiger partial charge is 0.253 e. The molecule has 0 radical (unpaired) electrons. The van der Waals surface area contributed by atoms with Crippen LogP contribution in [-0.4, -0.2) is 29.5 Å². The van der Waals surface area contributed by atoms with E-state index in [2.05, 4.69) is 0 Å². The van der Waals surface area contributed by atoms with E-state index < -0.39 is 12.5 Å². The Morgan fingerprint density at radius 1 is 1.25 bits per heavy atom. The molecule has 0 aromatic carbocycles. The summed E-state index contributed by atoms with van der Waals surface area (Å²) in [7, 11) is 0. The molecule has 3 heteroatoms. The molecule has 0 aromatic heterocycles. The Morgan fingerprint density at radius 3 is 1.75 bits per heavy atom. The summed E-state index contributed by atoms with van der Waals surface area (Å²) in [4.78, 5) is 1.80. The summed E-state index contributed by atoms with van der Waals surface area (Å²) in [5.74, 6) is 0. The molecule has 0 bridgehead atoms. The van der Waals surface area contributed by atoms with Crippen LogP contribution >= 0.6 is 0 Å². The van der Waals surface area contributed by atoms with Crippen LogP contribution in [0.2, 0.25) is 0 Å². The van der Waals surface area contributed by atoms with Gasteiger partial charge in [-0.1, -0.05) is 6.92 Å². The normalized spacial score (nSPS) is 15.8. The highest BCUT2D eigenvalue weighted by Crippen LogP contribution is 2.19. The summed E-state index contributed by atoms with van der Waals surface area (Å²) in [5, 5.41) is 0. The van der Waals surface area contributed by atoms with Crippen molar-refractivity contribution in [1.82, 2.24) is 4.90 Å². The summed E-state index contributed by atoms with van der Waals surface area (Å²) < 4.78 is 24.7. The molecule has 1 unspecified atom stereocenters. The highest BCUT2D eigenvalue weighted by molar-refractivity contribution is 4.80. The maximum Gasteiger partial charge on any atom is 0.253 e. The van der Waals surface area contributed by atoms with Gasteiger partial charge in [0, 0.05) is 5.54 Å². The molecule has 0 aliphatic carbocycles. The third kappa shape index (κ3) is 3.05. The number of rotatable bonds is 3. The van der Waals surface area contributed by atoms with Crippen LogP contribution < -0.4 is 0 Å². The van der Waals surface area contributed by atoms with Crippen molar-refractivity contribution in [2.24, 2.45) is 0 Å². The minimum absolute atomic E-state index is 0.176. The SMILES string of the molecule is CCN(C(C)C(F)F)C(C)(C)C. The van der Waals surface area contributed by atoms with Gasteiger partial charge in [0.2, 0.25) is 0 Å². The zero-order valence-electron chi connectivity index (χ0n) is 8.56. The molecular weight excluding hydrogens is 160 g/mol. The van der Waals surface area contributed by atoms with Crippen LogP contribution in [0.15, 0.2) is 0 Å². The second kappa shape index (κ2) is 4.17. The molecule has 0 aromatic rings. The van der Waals surface area contributed by atoms with Gasteiger partial charge in [-0.25, -0.2) is 8.78 Å². The topological polar surface area (TPSA) is 3.24 Å². The molecular formula is C9H19F2N. The van der Waals surface area contributed by atoms with Crippen LogP contribution in [0.25, 0.3) is 0 Å². The lowest BCUT2D eigenvalue weighted by Crippen LogP contribution is -2.49. The first-order valence-corrected chi connectivity index (χ1v) is 4.35. The standard InChI is InChI=1S/C9H19F2N/c1-6-12(9(3,4)5)7(2)8(10)11/h7-8H,6H2,1-5H3. The van der Waals surface area contributed by atoms with E-state index in [1.165, 1.54) is 0 Å². The molecule has 1 atom stereocenters. The maximum atomic E-state index is 12.4. The minimum Gasteiger partial charge on any atom is -0.291 e. The third-order valence-electron chi connectivity index (χ3n) is 2.06. The molecule has 0 rings (SSSR count). The fourth-order valence-electron chi connectivity index (χ4n) is 1.51. The third-order valence-corrected chi connectivity index (χ3v) is 2.06. The van der Waals surface area contributed by atoms with Crippen molar-refractivity contribution in [1.29, 1.82) is 0 Å². The first-order chi connectivity index (χ1) is 5.30. The molecule has 0 aliphatic rings. The lowest BCUT2D eigenvalue weighted by molar-refractivity contribution is -0.00740. The lowest BCUT2D eigenvalue weighted by atomic mass is 10.0. The van der Waals surface area contributed by atoms with Gasteiger partial charge < -0.3 is 0 Å². The predicted octanol–water partition coefficient (Wildman–Crippen LogP) is 2.76. The van der Waals surface area contributed by atoms with Gasteiger partial charge in [-0.3, -0.25) is 4.90 Å². The van der Waals surface area contributed by atoms with Crippen molar-refractivity contribution >= 4 is 0 Å². The van der Waals surface area contributed by atoms with Crippen LogP contribution in [0, 0.1) is 0 Å². The van der Waals surface area contributed by atoms with E-state index in [1.807, 2.05) is 27.7 Å². The Balaban J connectivity index is 4.35. The van der Waals surface area contributed by atoms with Crippen molar-refractivity contribution in [2.75, 3.05) is 6.54 Å². The van der Waals surface area contributed by atoms with Gasteiger partial charge in [-0.2, -0.15) is 0 Å². The van der Waals surface area contributed by atoms with E-state index in [9.17, 15) is 8.78 Å². The van der Waals surface area contributed by atoms with E-state index in [1.54, 1.807) is 11.8 Å². The van der Waals surface area contributed by atoms with Crippen molar-refractivity contribution in [2.45, 2.75) is 52.6 Å². The average Bonchev–Trinajstić information content (AvgIpc) is 1.85. The Labute approximate surface area is 73.7 Å². The second-order valence-electron chi connectivity index (χ2n) is 4.03. The zero-order chi connectivity index (χ0) is 9.94. The molecule has 0 amide bonds. The quantitative estimate of drug-likeness (QED) is 0.644. The summed E-state index contributed by atoms with van der Waals surface area (Å²) in [6, 6.07) is -0.657. The highest BCUT2D eigenvalue weighted by atomic mass is 19.3. The Kier molecular flexibility index (Phi) is 4.11. The van der Waals surface area contributed by atoms with Crippen LogP contribution in [0.4, 0.5) is 8.78 Å². The van der Waals surface area contributed by atoms with Crippen LogP contribution in [0.5, 0.6) is 0 Å². The summed E-state index contributed by atoms with van der Waals surface area (Å²) in [5.41, 5.74) is -0.176. The van der Waals surface area contributed by atoms with Crippen LogP contribution in [-0.2, 0) is 0 Å². The predicted molar refractivity (Wildman–Crippen MR) is 47.6 cm³/mol. The molecule has 12 heavy (non-hydrogen) atoms. The van der Waals surface area contributed by atoms with Crippen molar-refractivity contribution < 1.29 is 8.78 Å². The van der Waals surface area contributed by atoms with Gasteiger partial charge in [-0.05, 0) is 34.2 Å². The number of alkyl halides is 2. The second-order valence-corrected chi connectivity index (χ2v) is 4.03. The monoisotopic (exact) mass is 179 g/mol. The fourth-order valence-corrected chi connectivity index (χ4v) is 1.51. The van der Waals surface area contributed by atoms with Gasteiger partial charge in [0.05, 0.1) is 6.04 Å². The van der Waals surface area contributed by atoms with E-state index in [0.29, 0.717) is 6.54 Å². The van der Waals surface area contributed by atoms with Gasteiger partial charge in [0.25, 0.3) is 6.43 Å². The van der Waals surface area contributed by atoms with Crippen molar-refractivity contribution in [3.8, 4) is 0 Å². The van der Waals surface area contributed by atoms with Crippen LogP contribution in [0.3, 0.4) is 0 Å². The molecule has 1 nitrogen and oxygen atoms in total. The van der Waals surface area contributed by atoms with Gasteiger partial charge in [0.1, 0.15) is 0 Å². The minimum atomic E-state index is -2.26. The van der Waals surface area contributed by atoms with E-state index in [-0.39, 0.29) is 5.54 Å². The Bertz CT molecular complexity index is 129. The Morgan fingerprint density at radius 2 is 1.67 bits per heavy atom. The molecule has 0 saturated carbocycles. The van der Waals surface area contributed by atoms with E-state index in [4.69, 9.17) is 0 Å². The van der Waals surface area contributed by atoms with E-state index >= 15 is 0 Å². The Hall–Kier alpha value is -0.180. The van der Waals surface area contributed by atoms with Crippen LogP contribution in [0.1, 0.15) is 34.6 Å². The number of halogens is 2. The number of nitrogens with zero attached hydrogens (tertiary/aromatic N) is 1. The molecule has 74 valence electrons. The molecule has 0 spiro atoms. The maximum absolute atomic E-state index is 12.4. The molecule has 0 fully saturated rings. The van der Waals surface area contributed by atoms with Gasteiger partial charge in [-0.15, -0.1) is 0 Å². The molecule has 0 N–H and O–H groups in total. The number of hydrogen-bond donors (Lipinski definition) is 0. The van der Waals surface area contributed by atoms with E-state index in [0.717, 1.165) is 0 Å². The molecule has 0 saturated heterocycles. The molecule has 0 aliphatic heterocycles. The fraction of sp³-hybridized carbons (Fsp3) is 1.00. The van der Waals surface area contributed by atoms with Gasteiger partial charge >= 0.3 is 0 Å². The first kappa shape index (κ1) is 11.8. The first-order valence-electron chi connectivity index (χ1n) is 4.35. The zero-order valence-corrected chi connectivity index (χ0v) is 8.56.